The third kappa shape index (κ3) is 3.85. The summed E-state index contributed by atoms with van der Waals surface area (Å²) in [6.45, 7) is 2.83. The molecule has 5 nitrogen and oxygen atoms in total. The fourth-order valence-electron chi connectivity index (χ4n) is 5.23. The van der Waals surface area contributed by atoms with E-state index in [0.717, 1.165) is 41.5 Å². The number of hydrogen-bond donors (Lipinski definition) is 1. The molecule has 168 valence electrons. The zero-order valence-electron chi connectivity index (χ0n) is 18.7. The van der Waals surface area contributed by atoms with Crippen molar-refractivity contribution in [3.05, 3.63) is 59.1 Å². The van der Waals surface area contributed by atoms with Crippen LogP contribution in [0.25, 0.3) is 10.2 Å². The largest absolute Gasteiger partial charge is 0.351 e. The van der Waals surface area contributed by atoms with E-state index >= 15 is 0 Å². The fraction of sp³-hybridized carbons (Fsp3) is 0.462. The highest BCUT2D eigenvalue weighted by atomic mass is 32.1. The zero-order valence-corrected chi connectivity index (χ0v) is 19.5. The summed E-state index contributed by atoms with van der Waals surface area (Å²) in [6, 6.07) is 14.2. The molecule has 1 fully saturated rings. The van der Waals surface area contributed by atoms with Gasteiger partial charge in [-0.2, -0.15) is 0 Å². The van der Waals surface area contributed by atoms with Gasteiger partial charge in [0.15, 0.2) is 0 Å². The number of hydrogen-bond acceptors (Lipinski definition) is 3. The Hall–Kier alpha value is -2.60. The van der Waals surface area contributed by atoms with Crippen LogP contribution >= 0.6 is 11.3 Å². The molecular formula is C26H31N3O2S. The lowest BCUT2D eigenvalue weighted by Crippen LogP contribution is -2.64. The Morgan fingerprint density at radius 3 is 2.56 bits per heavy atom. The van der Waals surface area contributed by atoms with Gasteiger partial charge in [0.25, 0.3) is 5.91 Å². The van der Waals surface area contributed by atoms with E-state index in [1.807, 2.05) is 53.3 Å². The molecule has 6 heteroatoms. The SMILES string of the molecule is C[C@]1(C(=O)NC2CCCCCCC2)Cn2c(cc3sccc32)C(=O)N1Cc1ccccc1. The number of benzene rings is 1. The van der Waals surface area contributed by atoms with Crippen LogP contribution in [0.2, 0.25) is 0 Å². The van der Waals surface area contributed by atoms with Crippen LogP contribution < -0.4 is 5.32 Å². The maximum absolute atomic E-state index is 13.8. The van der Waals surface area contributed by atoms with Crippen molar-refractivity contribution in [2.45, 2.75) is 76.5 Å². The number of fused-ring (bicyclic) bond motifs is 3. The molecule has 1 aliphatic carbocycles. The minimum absolute atomic E-state index is 0.0323. The predicted molar refractivity (Wildman–Crippen MR) is 129 cm³/mol. The second-order valence-electron chi connectivity index (χ2n) is 9.45. The molecule has 3 heterocycles. The smallest absolute Gasteiger partial charge is 0.271 e. The lowest BCUT2D eigenvalue weighted by molar-refractivity contribution is -0.134. The van der Waals surface area contributed by atoms with Gasteiger partial charge in [0.05, 0.1) is 16.8 Å². The van der Waals surface area contributed by atoms with Crippen LogP contribution in [-0.2, 0) is 17.9 Å². The summed E-state index contributed by atoms with van der Waals surface area (Å²) in [4.78, 5) is 29.3. The van der Waals surface area contributed by atoms with Crippen molar-refractivity contribution < 1.29 is 9.59 Å². The summed E-state index contributed by atoms with van der Waals surface area (Å²) in [6.07, 6.45) is 8.15. The summed E-state index contributed by atoms with van der Waals surface area (Å²) in [5.74, 6) is -0.103. The van der Waals surface area contributed by atoms with Crippen LogP contribution in [0.4, 0.5) is 0 Å². The minimum atomic E-state index is -0.948. The van der Waals surface area contributed by atoms with E-state index in [4.69, 9.17) is 0 Å². The van der Waals surface area contributed by atoms with Crippen molar-refractivity contribution in [1.29, 1.82) is 0 Å². The number of carbonyl (C=O) groups excluding carboxylic acids is 2. The molecule has 0 spiro atoms. The average Bonchev–Trinajstić information content (AvgIpc) is 3.36. The second kappa shape index (κ2) is 8.74. The Balaban J connectivity index is 1.49. The van der Waals surface area contributed by atoms with Crippen molar-refractivity contribution >= 4 is 33.4 Å². The molecular weight excluding hydrogens is 418 g/mol. The van der Waals surface area contributed by atoms with Crippen LogP contribution in [0.1, 0.15) is 67.9 Å². The van der Waals surface area contributed by atoms with E-state index in [9.17, 15) is 9.59 Å². The monoisotopic (exact) mass is 449 g/mol. The first-order valence-corrected chi connectivity index (χ1v) is 12.7. The van der Waals surface area contributed by atoms with Crippen molar-refractivity contribution in [3.8, 4) is 0 Å². The van der Waals surface area contributed by atoms with Crippen LogP contribution in [0.15, 0.2) is 47.8 Å². The molecule has 1 aromatic carbocycles. The molecule has 1 aliphatic heterocycles. The van der Waals surface area contributed by atoms with Gasteiger partial charge in [-0.15, -0.1) is 11.3 Å². The van der Waals surface area contributed by atoms with E-state index in [1.165, 1.54) is 19.3 Å². The van der Waals surface area contributed by atoms with E-state index < -0.39 is 5.54 Å². The van der Waals surface area contributed by atoms with Crippen molar-refractivity contribution in [3.63, 3.8) is 0 Å². The quantitative estimate of drug-likeness (QED) is 0.584. The van der Waals surface area contributed by atoms with E-state index in [0.29, 0.717) is 18.8 Å². The topological polar surface area (TPSA) is 54.3 Å². The molecule has 0 bridgehead atoms. The summed E-state index contributed by atoms with van der Waals surface area (Å²) in [5.41, 5.74) is 1.81. The highest BCUT2D eigenvalue weighted by Crippen LogP contribution is 2.35. The Kier molecular flexibility index (Phi) is 5.80. The Labute approximate surface area is 193 Å². The summed E-state index contributed by atoms with van der Waals surface area (Å²) in [5, 5.41) is 5.40. The van der Waals surface area contributed by atoms with Crippen LogP contribution in [0.3, 0.4) is 0 Å². The van der Waals surface area contributed by atoms with Gasteiger partial charge in [-0.25, -0.2) is 0 Å². The first-order valence-electron chi connectivity index (χ1n) is 11.8. The zero-order chi connectivity index (χ0) is 22.1. The van der Waals surface area contributed by atoms with Crippen molar-refractivity contribution in [1.82, 2.24) is 14.8 Å². The van der Waals surface area contributed by atoms with Gasteiger partial charge in [-0.3, -0.25) is 9.59 Å². The lowest BCUT2D eigenvalue weighted by atomic mass is 9.91. The van der Waals surface area contributed by atoms with Crippen LogP contribution in [-0.4, -0.2) is 32.9 Å². The summed E-state index contributed by atoms with van der Waals surface area (Å²) >= 11 is 1.64. The first-order chi connectivity index (χ1) is 15.6. The summed E-state index contributed by atoms with van der Waals surface area (Å²) < 4.78 is 3.14. The molecule has 1 atom stereocenters. The van der Waals surface area contributed by atoms with Crippen molar-refractivity contribution in [2.75, 3.05) is 0 Å². The van der Waals surface area contributed by atoms with Gasteiger partial charge in [0, 0.05) is 12.6 Å². The molecule has 1 saturated carbocycles. The normalized spacial score (nSPS) is 22.4. The van der Waals surface area contributed by atoms with Crippen molar-refractivity contribution in [2.24, 2.45) is 0 Å². The molecule has 0 unspecified atom stereocenters. The minimum Gasteiger partial charge on any atom is -0.351 e. The second-order valence-corrected chi connectivity index (χ2v) is 10.4. The molecule has 3 aromatic rings. The lowest BCUT2D eigenvalue weighted by Gasteiger charge is -2.44. The van der Waals surface area contributed by atoms with Gasteiger partial charge in [-0.05, 0) is 42.8 Å². The Bertz CT molecular complexity index is 1110. The average molecular weight is 450 g/mol. The molecule has 0 radical (unpaired) electrons. The molecule has 1 N–H and O–H groups in total. The Morgan fingerprint density at radius 2 is 1.81 bits per heavy atom. The van der Waals surface area contributed by atoms with Crippen LogP contribution in [0, 0.1) is 0 Å². The molecule has 2 amide bonds. The highest BCUT2D eigenvalue weighted by molar-refractivity contribution is 7.17. The molecule has 2 aliphatic rings. The Morgan fingerprint density at radius 1 is 1.09 bits per heavy atom. The first kappa shape index (κ1) is 21.3. The van der Waals surface area contributed by atoms with Gasteiger partial charge in [0.2, 0.25) is 5.91 Å². The number of thiophene rings is 1. The summed E-state index contributed by atoms with van der Waals surface area (Å²) in [7, 11) is 0. The number of nitrogens with one attached hydrogen (secondary N) is 1. The van der Waals surface area contributed by atoms with Crippen LogP contribution in [0.5, 0.6) is 0 Å². The molecule has 5 rings (SSSR count). The number of aromatic nitrogens is 1. The molecule has 0 saturated heterocycles. The van der Waals surface area contributed by atoms with Gasteiger partial charge >= 0.3 is 0 Å². The maximum atomic E-state index is 13.8. The van der Waals surface area contributed by atoms with Gasteiger partial charge in [0.1, 0.15) is 11.2 Å². The maximum Gasteiger partial charge on any atom is 0.271 e. The van der Waals surface area contributed by atoms with Gasteiger partial charge < -0.3 is 14.8 Å². The van der Waals surface area contributed by atoms with E-state index in [1.54, 1.807) is 16.2 Å². The third-order valence-electron chi connectivity index (χ3n) is 7.16. The molecule has 32 heavy (non-hydrogen) atoms. The third-order valence-corrected chi connectivity index (χ3v) is 8.01. The number of rotatable bonds is 4. The van der Waals surface area contributed by atoms with Gasteiger partial charge in [-0.1, -0.05) is 62.4 Å². The fourth-order valence-corrected chi connectivity index (χ4v) is 6.05. The predicted octanol–water partition coefficient (Wildman–Crippen LogP) is 5.35. The molecule has 2 aromatic heterocycles. The number of amides is 2. The number of nitrogens with zero attached hydrogens (tertiary/aromatic N) is 2. The standard InChI is InChI=1S/C26H31N3O2S/c1-26(25(31)27-20-12-8-3-2-4-9-13-20)18-28-21-14-15-32-23(21)16-22(28)24(30)29(26)17-19-10-6-5-7-11-19/h5-7,10-11,14-16,20H,2-4,8-9,12-13,17-18H2,1H3,(H,27,31)/t26-/m1/s1. The van der Waals surface area contributed by atoms with E-state index in [2.05, 4.69) is 11.4 Å². The van der Waals surface area contributed by atoms with E-state index in [-0.39, 0.29) is 17.9 Å². The highest BCUT2D eigenvalue weighted by Gasteiger charge is 2.48. The number of carbonyl (C=O) groups is 2.